The van der Waals surface area contributed by atoms with Crippen molar-refractivity contribution in [2.24, 2.45) is 4.99 Å². The third kappa shape index (κ3) is 6.42. The van der Waals surface area contributed by atoms with E-state index in [0.717, 1.165) is 40.8 Å². The van der Waals surface area contributed by atoms with Crippen molar-refractivity contribution < 1.29 is 4.74 Å². The largest absolute Gasteiger partial charge is 0.472 e. The van der Waals surface area contributed by atoms with Gasteiger partial charge in [-0.1, -0.05) is 54.6 Å². The summed E-state index contributed by atoms with van der Waals surface area (Å²) in [6.45, 7) is 5.41. The van der Waals surface area contributed by atoms with Gasteiger partial charge in [0.05, 0.1) is 22.2 Å². The van der Waals surface area contributed by atoms with Gasteiger partial charge in [-0.15, -0.1) is 0 Å². The summed E-state index contributed by atoms with van der Waals surface area (Å²) >= 11 is 3.57. The lowest BCUT2D eigenvalue weighted by molar-refractivity contribution is 0.291. The number of nitrogens with zero attached hydrogens (tertiary/aromatic N) is 3. The smallest absolute Gasteiger partial charge is 0.228 e. The highest BCUT2D eigenvalue weighted by Crippen LogP contribution is 2.30. The van der Waals surface area contributed by atoms with Gasteiger partial charge in [-0.3, -0.25) is 0 Å². The van der Waals surface area contributed by atoms with E-state index in [4.69, 9.17) is 4.74 Å². The molecule has 156 valence electrons. The van der Waals surface area contributed by atoms with Gasteiger partial charge in [0.1, 0.15) is 6.61 Å². The summed E-state index contributed by atoms with van der Waals surface area (Å²) in [5.74, 6) is 0.588. The Bertz CT molecular complexity index is 989. The molecule has 0 bridgehead atoms. The van der Waals surface area contributed by atoms with Gasteiger partial charge in [-0.05, 0) is 65.4 Å². The number of aryl methyl sites for hydroxylation is 3. The van der Waals surface area contributed by atoms with Crippen molar-refractivity contribution in [3.05, 3.63) is 87.5 Å². The first-order chi connectivity index (χ1) is 14.5. The van der Waals surface area contributed by atoms with Crippen LogP contribution >= 0.6 is 15.9 Å². The summed E-state index contributed by atoms with van der Waals surface area (Å²) < 4.78 is 6.81. The van der Waals surface area contributed by atoms with Crippen LogP contribution in [-0.2, 0) is 19.4 Å². The molecule has 1 aromatic heterocycles. The molecule has 0 spiro atoms. The third-order valence-electron chi connectivity index (χ3n) is 4.91. The Morgan fingerprint density at radius 3 is 2.47 bits per heavy atom. The van der Waals surface area contributed by atoms with Gasteiger partial charge in [-0.2, -0.15) is 0 Å². The second kappa shape index (κ2) is 10.9. The zero-order chi connectivity index (χ0) is 21.3. The summed E-state index contributed by atoms with van der Waals surface area (Å²) in [4.78, 5) is 11.1. The summed E-state index contributed by atoms with van der Waals surface area (Å²) in [6.07, 6.45) is 3.86. The first-order valence-electron chi connectivity index (χ1n) is 10.2. The van der Waals surface area contributed by atoms with Gasteiger partial charge in [0, 0.05) is 13.6 Å². The fourth-order valence-corrected chi connectivity index (χ4v) is 3.40. The number of rotatable bonds is 9. The molecule has 0 radical (unpaired) electrons. The average Bonchev–Trinajstić information content (AvgIpc) is 2.77. The van der Waals surface area contributed by atoms with E-state index in [1.54, 1.807) is 0 Å². The van der Waals surface area contributed by atoms with E-state index < -0.39 is 0 Å². The molecule has 0 aliphatic heterocycles. The van der Waals surface area contributed by atoms with Crippen molar-refractivity contribution in [3.8, 4) is 5.88 Å². The van der Waals surface area contributed by atoms with Crippen LogP contribution in [0.4, 0.5) is 5.69 Å². The molecule has 30 heavy (non-hydrogen) atoms. The van der Waals surface area contributed by atoms with E-state index in [0.29, 0.717) is 12.5 Å². The second-order valence-electron chi connectivity index (χ2n) is 7.29. The summed E-state index contributed by atoms with van der Waals surface area (Å²) in [5.41, 5.74) is 5.48. The summed E-state index contributed by atoms with van der Waals surface area (Å²) in [5, 5.41) is 0. The number of hydrogen-bond donors (Lipinski definition) is 0. The molecule has 0 unspecified atom stereocenters. The first-order valence-corrected chi connectivity index (χ1v) is 11.0. The van der Waals surface area contributed by atoms with Gasteiger partial charge in [0.25, 0.3) is 0 Å². The minimum atomic E-state index is 0.478. The number of halogens is 1. The molecule has 0 saturated carbocycles. The van der Waals surface area contributed by atoms with Crippen LogP contribution in [0.2, 0.25) is 0 Å². The van der Waals surface area contributed by atoms with Crippen molar-refractivity contribution in [2.75, 3.05) is 13.6 Å². The molecule has 5 heteroatoms. The maximum absolute atomic E-state index is 6.00. The molecular formula is C25H28BrN3O. The fourth-order valence-electron chi connectivity index (χ4n) is 2.98. The molecule has 3 rings (SSSR count). The van der Waals surface area contributed by atoms with Gasteiger partial charge in [0.15, 0.2) is 0 Å². The average molecular weight is 466 g/mol. The number of pyridine rings is 1. The van der Waals surface area contributed by atoms with Crippen molar-refractivity contribution in [1.29, 1.82) is 0 Å². The van der Waals surface area contributed by atoms with E-state index >= 15 is 0 Å². The number of hydrogen-bond acceptors (Lipinski definition) is 3. The number of benzene rings is 2. The predicted molar refractivity (Wildman–Crippen MR) is 128 cm³/mol. The maximum atomic E-state index is 6.00. The van der Waals surface area contributed by atoms with Gasteiger partial charge < -0.3 is 9.64 Å². The molecule has 0 fully saturated rings. The summed E-state index contributed by atoms with van der Waals surface area (Å²) in [6, 6.07) is 21.1. The van der Waals surface area contributed by atoms with Crippen LogP contribution in [-0.4, -0.2) is 29.8 Å². The molecule has 0 amide bonds. The topological polar surface area (TPSA) is 37.7 Å². The highest BCUT2D eigenvalue weighted by molar-refractivity contribution is 9.10. The Morgan fingerprint density at radius 1 is 1.00 bits per heavy atom. The van der Waals surface area contributed by atoms with E-state index in [9.17, 15) is 0 Å². The summed E-state index contributed by atoms with van der Waals surface area (Å²) in [7, 11) is 1.99. The van der Waals surface area contributed by atoms with E-state index in [1.165, 1.54) is 11.1 Å². The standard InChI is InChI=1S/C25H28BrN3O/c1-4-29(3)18-27-24-16-23(26)25(28-19(24)2)30-17-22-12-8-11-21(15-22)14-13-20-9-6-5-7-10-20/h5-12,15-16,18H,4,13-14,17H2,1-3H3. The van der Waals surface area contributed by atoms with Gasteiger partial charge in [0.2, 0.25) is 5.88 Å². The first kappa shape index (κ1) is 22.0. The molecule has 2 aromatic carbocycles. The Morgan fingerprint density at radius 2 is 1.70 bits per heavy atom. The van der Waals surface area contributed by atoms with Crippen molar-refractivity contribution in [3.63, 3.8) is 0 Å². The zero-order valence-corrected chi connectivity index (χ0v) is 19.4. The van der Waals surface area contributed by atoms with Crippen molar-refractivity contribution in [2.45, 2.75) is 33.3 Å². The van der Waals surface area contributed by atoms with E-state index in [1.807, 2.05) is 31.3 Å². The van der Waals surface area contributed by atoms with Crippen LogP contribution in [0.15, 0.2) is 70.1 Å². The number of aromatic nitrogens is 1. The lowest BCUT2D eigenvalue weighted by Gasteiger charge is -2.12. The lowest BCUT2D eigenvalue weighted by Crippen LogP contribution is -2.14. The number of ether oxygens (including phenoxy) is 1. The highest BCUT2D eigenvalue weighted by atomic mass is 79.9. The Hall–Kier alpha value is -2.66. The third-order valence-corrected chi connectivity index (χ3v) is 5.48. The Kier molecular flexibility index (Phi) is 8.03. The lowest BCUT2D eigenvalue weighted by atomic mass is 10.0. The molecule has 1 heterocycles. The zero-order valence-electron chi connectivity index (χ0n) is 17.8. The highest BCUT2D eigenvalue weighted by Gasteiger charge is 2.09. The second-order valence-corrected chi connectivity index (χ2v) is 8.15. The minimum absolute atomic E-state index is 0.478. The van der Waals surface area contributed by atoms with Gasteiger partial charge >= 0.3 is 0 Å². The molecule has 4 nitrogen and oxygen atoms in total. The van der Waals surface area contributed by atoms with Crippen LogP contribution in [0, 0.1) is 6.92 Å². The molecular weight excluding hydrogens is 438 g/mol. The maximum Gasteiger partial charge on any atom is 0.228 e. The molecule has 0 aliphatic carbocycles. The fraction of sp³-hybridized carbons (Fsp3) is 0.280. The SMILES string of the molecule is CCN(C)C=Nc1cc(Br)c(OCc2cccc(CCc3ccccc3)c2)nc1C. The molecule has 0 aliphatic rings. The van der Waals surface area contributed by atoms with Crippen LogP contribution < -0.4 is 4.74 Å². The molecule has 0 saturated heterocycles. The van der Waals surface area contributed by atoms with Crippen molar-refractivity contribution >= 4 is 28.0 Å². The predicted octanol–water partition coefficient (Wildman–Crippen LogP) is 6.13. The van der Waals surface area contributed by atoms with Gasteiger partial charge in [-0.25, -0.2) is 9.98 Å². The molecule has 0 N–H and O–H groups in total. The van der Waals surface area contributed by atoms with E-state index in [2.05, 4.69) is 87.4 Å². The van der Waals surface area contributed by atoms with Crippen LogP contribution in [0.5, 0.6) is 5.88 Å². The Labute approximate surface area is 187 Å². The molecule has 3 aromatic rings. The quantitative estimate of drug-likeness (QED) is 0.281. The van der Waals surface area contributed by atoms with Crippen LogP contribution in [0.3, 0.4) is 0 Å². The van der Waals surface area contributed by atoms with Crippen LogP contribution in [0.1, 0.15) is 29.3 Å². The van der Waals surface area contributed by atoms with Crippen molar-refractivity contribution in [1.82, 2.24) is 9.88 Å². The minimum Gasteiger partial charge on any atom is -0.472 e. The van der Waals surface area contributed by atoms with Crippen LogP contribution in [0.25, 0.3) is 0 Å². The van der Waals surface area contributed by atoms with E-state index in [-0.39, 0.29) is 0 Å². The monoisotopic (exact) mass is 465 g/mol. The Balaban J connectivity index is 1.62. The molecule has 0 atom stereocenters. The normalized spacial score (nSPS) is 11.1. The number of aliphatic imine (C=N–C) groups is 1.